The minimum absolute atomic E-state index is 0.0947. The van der Waals surface area contributed by atoms with E-state index in [4.69, 9.17) is 10.5 Å². The van der Waals surface area contributed by atoms with E-state index in [9.17, 15) is 9.18 Å². The predicted molar refractivity (Wildman–Crippen MR) is 75.2 cm³/mol. The second-order valence-electron chi connectivity index (χ2n) is 4.55. The minimum Gasteiger partial charge on any atom is -0.491 e. The maximum atomic E-state index is 13.2. The van der Waals surface area contributed by atoms with E-state index < -0.39 is 0 Å². The molecule has 1 atom stereocenters. The molecule has 1 aromatic carbocycles. The molecule has 0 aliphatic rings. The summed E-state index contributed by atoms with van der Waals surface area (Å²) in [5.74, 6) is 0.0465. The zero-order valence-electron chi connectivity index (χ0n) is 11.3. The molecule has 20 heavy (non-hydrogen) atoms. The molecule has 4 nitrogen and oxygen atoms in total. The summed E-state index contributed by atoms with van der Waals surface area (Å²) in [6.45, 7) is 2.48. The molecule has 106 valence electrons. The summed E-state index contributed by atoms with van der Waals surface area (Å²) in [6, 6.07) is 8.97. The number of aromatic nitrogens is 1. The minimum atomic E-state index is -0.374. The van der Waals surface area contributed by atoms with Gasteiger partial charge in [0.05, 0.1) is 6.54 Å². The summed E-state index contributed by atoms with van der Waals surface area (Å²) in [4.78, 5) is 11.5. The van der Waals surface area contributed by atoms with Crippen LogP contribution in [0.5, 0.6) is 5.75 Å². The third-order valence-corrected chi connectivity index (χ3v) is 2.95. The highest BCUT2D eigenvalue weighted by atomic mass is 19.1. The van der Waals surface area contributed by atoms with Crippen LogP contribution in [0.25, 0.3) is 0 Å². The van der Waals surface area contributed by atoms with Gasteiger partial charge in [-0.25, -0.2) is 4.39 Å². The molecule has 5 heteroatoms. The lowest BCUT2D eigenvalue weighted by atomic mass is 10.1. The second-order valence-corrected chi connectivity index (χ2v) is 4.55. The molecular formula is C15H17FN2O2. The summed E-state index contributed by atoms with van der Waals surface area (Å²) in [5, 5.41) is 0. The Labute approximate surface area is 116 Å². The Kier molecular flexibility index (Phi) is 4.53. The molecule has 2 rings (SSSR count). The largest absolute Gasteiger partial charge is 0.491 e. The van der Waals surface area contributed by atoms with E-state index in [1.165, 1.54) is 22.8 Å². The van der Waals surface area contributed by atoms with Crippen molar-refractivity contribution in [3.05, 3.63) is 64.3 Å². The first-order valence-electron chi connectivity index (χ1n) is 6.41. The average molecular weight is 276 g/mol. The molecule has 0 saturated heterocycles. The van der Waals surface area contributed by atoms with Crippen molar-refractivity contribution in [1.82, 2.24) is 4.57 Å². The van der Waals surface area contributed by atoms with Crippen molar-refractivity contribution in [3.63, 3.8) is 0 Å². The number of hydrogen-bond donors (Lipinski definition) is 1. The Morgan fingerprint density at radius 1 is 1.35 bits per heavy atom. The van der Waals surface area contributed by atoms with E-state index in [1.54, 1.807) is 24.4 Å². The first-order valence-corrected chi connectivity index (χ1v) is 6.41. The number of rotatable bonds is 5. The van der Waals surface area contributed by atoms with E-state index in [0.29, 0.717) is 12.3 Å². The number of nitrogens with two attached hydrogens (primary N) is 1. The van der Waals surface area contributed by atoms with Crippen molar-refractivity contribution in [2.24, 2.45) is 5.73 Å². The topological polar surface area (TPSA) is 57.2 Å². The van der Waals surface area contributed by atoms with Crippen LogP contribution < -0.4 is 16.0 Å². The molecule has 1 unspecified atom stereocenters. The number of hydrogen-bond acceptors (Lipinski definition) is 3. The highest BCUT2D eigenvalue weighted by Crippen LogP contribution is 2.24. The Morgan fingerprint density at radius 2 is 2.15 bits per heavy atom. The van der Waals surface area contributed by atoms with E-state index >= 15 is 0 Å². The van der Waals surface area contributed by atoms with Crippen LogP contribution in [-0.4, -0.2) is 11.2 Å². The highest BCUT2D eigenvalue weighted by Gasteiger charge is 2.09. The van der Waals surface area contributed by atoms with Crippen LogP contribution >= 0.6 is 0 Å². The maximum absolute atomic E-state index is 13.2. The lowest BCUT2D eigenvalue weighted by Gasteiger charge is -2.14. The van der Waals surface area contributed by atoms with Gasteiger partial charge in [-0.05, 0) is 19.1 Å². The molecule has 0 bridgehead atoms. The maximum Gasteiger partial charge on any atom is 0.250 e. The van der Waals surface area contributed by atoms with Crippen LogP contribution in [0.15, 0.2) is 47.4 Å². The number of halogens is 1. The second kappa shape index (κ2) is 6.34. The molecule has 0 fully saturated rings. The van der Waals surface area contributed by atoms with Gasteiger partial charge in [0.1, 0.15) is 18.2 Å². The summed E-state index contributed by atoms with van der Waals surface area (Å²) in [7, 11) is 0. The first kappa shape index (κ1) is 14.3. The van der Waals surface area contributed by atoms with Crippen molar-refractivity contribution in [3.8, 4) is 5.75 Å². The fraction of sp³-hybridized carbons (Fsp3) is 0.267. The molecule has 0 aliphatic carbocycles. The third kappa shape index (κ3) is 3.45. The van der Waals surface area contributed by atoms with E-state index in [2.05, 4.69) is 0 Å². The van der Waals surface area contributed by atoms with Crippen LogP contribution in [0, 0.1) is 5.82 Å². The van der Waals surface area contributed by atoms with Crippen LogP contribution in [-0.2, 0) is 6.54 Å². The van der Waals surface area contributed by atoms with Crippen molar-refractivity contribution in [2.45, 2.75) is 19.5 Å². The monoisotopic (exact) mass is 276 g/mol. The van der Waals surface area contributed by atoms with Gasteiger partial charge in [-0.2, -0.15) is 0 Å². The van der Waals surface area contributed by atoms with Crippen molar-refractivity contribution in [1.29, 1.82) is 0 Å². The summed E-state index contributed by atoms with van der Waals surface area (Å²) in [6.07, 6.45) is 1.68. The fourth-order valence-corrected chi connectivity index (χ4v) is 1.91. The van der Waals surface area contributed by atoms with E-state index in [1.807, 2.05) is 6.92 Å². The summed E-state index contributed by atoms with van der Waals surface area (Å²) < 4.78 is 20.3. The van der Waals surface area contributed by atoms with Crippen LogP contribution in [0.3, 0.4) is 0 Å². The van der Waals surface area contributed by atoms with Gasteiger partial charge in [0.2, 0.25) is 0 Å². The lowest BCUT2D eigenvalue weighted by Crippen LogP contribution is -2.21. The Balaban J connectivity index is 2.06. The Morgan fingerprint density at radius 3 is 2.85 bits per heavy atom. The average Bonchev–Trinajstić information content (AvgIpc) is 2.41. The molecule has 0 radical (unpaired) electrons. The lowest BCUT2D eigenvalue weighted by molar-refractivity contribution is 0.291. The number of benzene rings is 1. The molecule has 0 amide bonds. The van der Waals surface area contributed by atoms with Gasteiger partial charge >= 0.3 is 0 Å². The zero-order valence-corrected chi connectivity index (χ0v) is 11.3. The van der Waals surface area contributed by atoms with Gasteiger partial charge in [0, 0.05) is 29.9 Å². The van der Waals surface area contributed by atoms with Crippen molar-refractivity contribution >= 4 is 0 Å². The molecular weight excluding hydrogens is 259 g/mol. The van der Waals surface area contributed by atoms with Crippen LogP contribution in [0.1, 0.15) is 18.5 Å². The third-order valence-electron chi connectivity index (χ3n) is 2.95. The SMILES string of the molecule is CC(N)c1ccc(F)cc1OCCn1ccccc1=O. The molecule has 2 N–H and O–H groups in total. The molecule has 2 aromatic rings. The molecule has 1 heterocycles. The predicted octanol–water partition coefficient (Wildman–Crippen LogP) is 2.09. The first-order chi connectivity index (χ1) is 9.58. The molecule has 0 aliphatic heterocycles. The normalized spacial score (nSPS) is 12.2. The van der Waals surface area contributed by atoms with Gasteiger partial charge in [-0.1, -0.05) is 12.1 Å². The number of ether oxygens (including phenoxy) is 1. The number of pyridine rings is 1. The molecule has 0 saturated carbocycles. The highest BCUT2D eigenvalue weighted by molar-refractivity contribution is 5.36. The van der Waals surface area contributed by atoms with Crippen molar-refractivity contribution in [2.75, 3.05) is 6.61 Å². The van der Waals surface area contributed by atoms with Crippen LogP contribution in [0.4, 0.5) is 4.39 Å². The summed E-state index contributed by atoms with van der Waals surface area (Å²) in [5.41, 5.74) is 6.46. The molecule has 0 spiro atoms. The summed E-state index contributed by atoms with van der Waals surface area (Å²) >= 11 is 0. The van der Waals surface area contributed by atoms with Gasteiger partial charge < -0.3 is 15.0 Å². The van der Waals surface area contributed by atoms with E-state index in [-0.39, 0.29) is 24.0 Å². The van der Waals surface area contributed by atoms with Gasteiger partial charge in [-0.15, -0.1) is 0 Å². The van der Waals surface area contributed by atoms with E-state index in [0.717, 1.165) is 5.56 Å². The Hall–Kier alpha value is -2.14. The van der Waals surface area contributed by atoms with Gasteiger partial charge in [0.25, 0.3) is 5.56 Å². The number of nitrogens with zero attached hydrogens (tertiary/aromatic N) is 1. The van der Waals surface area contributed by atoms with Crippen LogP contribution in [0.2, 0.25) is 0 Å². The van der Waals surface area contributed by atoms with Crippen molar-refractivity contribution < 1.29 is 9.13 Å². The standard InChI is InChI=1S/C15H17FN2O2/c1-11(17)13-6-5-12(16)10-14(13)20-9-8-18-7-3-2-4-15(18)19/h2-7,10-11H,8-9,17H2,1H3. The smallest absolute Gasteiger partial charge is 0.250 e. The van der Waals surface area contributed by atoms with Gasteiger partial charge in [-0.3, -0.25) is 4.79 Å². The Bertz CT molecular complexity index is 638. The zero-order chi connectivity index (χ0) is 14.5. The quantitative estimate of drug-likeness (QED) is 0.909. The van der Waals surface area contributed by atoms with Gasteiger partial charge in [0.15, 0.2) is 0 Å². The fourth-order valence-electron chi connectivity index (χ4n) is 1.91. The molecule has 1 aromatic heterocycles.